The Morgan fingerprint density at radius 1 is 0.921 bits per heavy atom. The van der Waals surface area contributed by atoms with E-state index < -0.39 is 0 Å². The van der Waals surface area contributed by atoms with Crippen molar-refractivity contribution >= 4 is 23.4 Å². The zero-order valence-corrected chi connectivity index (χ0v) is 24.1. The van der Waals surface area contributed by atoms with Gasteiger partial charge >= 0.3 is 0 Å². The second-order valence-corrected chi connectivity index (χ2v) is 10.8. The molecule has 0 aliphatic carbocycles. The summed E-state index contributed by atoms with van der Waals surface area (Å²) in [6.07, 6.45) is 6.61. The van der Waals surface area contributed by atoms with Crippen molar-refractivity contribution in [3.05, 3.63) is 94.3 Å². The Morgan fingerprint density at radius 2 is 1.66 bits per heavy atom. The van der Waals surface area contributed by atoms with Crippen LogP contribution in [-0.2, 0) is 24.3 Å². The van der Waals surface area contributed by atoms with Gasteiger partial charge in [0, 0.05) is 42.1 Å². The molecular formula is C32H42ClN3O2. The van der Waals surface area contributed by atoms with Crippen LogP contribution in [-0.4, -0.2) is 45.8 Å². The van der Waals surface area contributed by atoms with Crippen molar-refractivity contribution in [3.8, 4) is 0 Å². The van der Waals surface area contributed by atoms with E-state index in [1.54, 1.807) is 4.90 Å². The Balaban J connectivity index is 1.69. The molecule has 0 saturated carbocycles. The smallest absolute Gasteiger partial charge is 0.254 e. The van der Waals surface area contributed by atoms with Gasteiger partial charge in [0.15, 0.2) is 0 Å². The van der Waals surface area contributed by atoms with Gasteiger partial charge in [0.05, 0.1) is 6.54 Å². The van der Waals surface area contributed by atoms with Crippen LogP contribution in [0.1, 0.15) is 74.1 Å². The minimum Gasteiger partial charge on any atom is -0.345 e. The van der Waals surface area contributed by atoms with Crippen LogP contribution in [0.5, 0.6) is 0 Å². The molecule has 0 fully saturated rings. The number of hydrogen-bond donors (Lipinski definition) is 0. The fourth-order valence-corrected chi connectivity index (χ4v) is 4.81. The van der Waals surface area contributed by atoms with Gasteiger partial charge < -0.3 is 14.4 Å². The number of hydrogen-bond acceptors (Lipinski definition) is 2. The molecule has 0 aliphatic heterocycles. The molecule has 0 atom stereocenters. The van der Waals surface area contributed by atoms with Crippen molar-refractivity contribution in [1.29, 1.82) is 0 Å². The van der Waals surface area contributed by atoms with Crippen molar-refractivity contribution in [2.45, 2.75) is 66.5 Å². The van der Waals surface area contributed by atoms with Gasteiger partial charge in [-0.2, -0.15) is 0 Å². The Kier molecular flexibility index (Phi) is 11.5. The average molecular weight is 536 g/mol. The molecular weight excluding hydrogens is 494 g/mol. The number of benzene rings is 2. The Morgan fingerprint density at radius 3 is 2.32 bits per heavy atom. The van der Waals surface area contributed by atoms with Crippen LogP contribution in [0.25, 0.3) is 0 Å². The SMILES string of the molecule is CCCCCc1ccc(C(=O)N(CC)CC(=O)N(Cc2cccn2Cc2ccccc2Cl)CC(C)C)cc1. The summed E-state index contributed by atoms with van der Waals surface area (Å²) in [7, 11) is 0. The normalized spacial score (nSPS) is 11.1. The topological polar surface area (TPSA) is 45.6 Å². The predicted molar refractivity (Wildman–Crippen MR) is 156 cm³/mol. The molecule has 2 amide bonds. The van der Waals surface area contributed by atoms with Gasteiger partial charge in [-0.05, 0) is 67.1 Å². The van der Waals surface area contributed by atoms with E-state index in [2.05, 4.69) is 25.3 Å². The predicted octanol–water partition coefficient (Wildman–Crippen LogP) is 7.07. The molecule has 3 aromatic rings. The monoisotopic (exact) mass is 535 g/mol. The van der Waals surface area contributed by atoms with Crippen LogP contribution >= 0.6 is 11.6 Å². The quantitative estimate of drug-likeness (QED) is 0.207. The largest absolute Gasteiger partial charge is 0.345 e. The minimum absolute atomic E-state index is 0.0458. The van der Waals surface area contributed by atoms with Crippen LogP contribution in [0.4, 0.5) is 0 Å². The van der Waals surface area contributed by atoms with Gasteiger partial charge in [-0.1, -0.05) is 75.5 Å². The summed E-state index contributed by atoms with van der Waals surface area (Å²) in [4.78, 5) is 30.3. The van der Waals surface area contributed by atoms with Crippen molar-refractivity contribution < 1.29 is 9.59 Å². The van der Waals surface area contributed by atoms with E-state index in [1.807, 2.05) is 78.7 Å². The number of rotatable bonds is 14. The summed E-state index contributed by atoms with van der Waals surface area (Å²) in [5.74, 6) is 0.153. The van der Waals surface area contributed by atoms with E-state index in [0.717, 1.165) is 29.1 Å². The molecule has 0 bridgehead atoms. The van der Waals surface area contributed by atoms with Gasteiger partial charge in [-0.3, -0.25) is 9.59 Å². The highest BCUT2D eigenvalue weighted by atomic mass is 35.5. The Bertz CT molecular complexity index is 1170. The maximum absolute atomic E-state index is 13.5. The first-order valence-electron chi connectivity index (χ1n) is 13.9. The molecule has 0 unspecified atom stereocenters. The lowest BCUT2D eigenvalue weighted by Crippen LogP contribution is -2.44. The maximum atomic E-state index is 13.5. The zero-order valence-electron chi connectivity index (χ0n) is 23.3. The summed E-state index contributed by atoms with van der Waals surface area (Å²) in [6.45, 7) is 10.6. The summed E-state index contributed by atoms with van der Waals surface area (Å²) < 4.78 is 2.13. The Hall–Kier alpha value is -3.05. The van der Waals surface area contributed by atoms with Crippen LogP contribution < -0.4 is 0 Å². The lowest BCUT2D eigenvalue weighted by Gasteiger charge is -2.29. The number of halogens is 1. The lowest BCUT2D eigenvalue weighted by molar-refractivity contribution is -0.133. The highest BCUT2D eigenvalue weighted by Gasteiger charge is 2.23. The minimum atomic E-state index is -0.104. The van der Waals surface area contributed by atoms with Gasteiger partial charge in [0.2, 0.25) is 5.91 Å². The van der Waals surface area contributed by atoms with Crippen molar-refractivity contribution in [2.75, 3.05) is 19.6 Å². The fourth-order valence-electron chi connectivity index (χ4n) is 4.61. The maximum Gasteiger partial charge on any atom is 0.254 e. The average Bonchev–Trinajstić information content (AvgIpc) is 3.34. The summed E-state index contributed by atoms with van der Waals surface area (Å²) in [6, 6.07) is 19.7. The van der Waals surface area contributed by atoms with E-state index in [4.69, 9.17) is 11.6 Å². The standard InChI is InChI=1S/C32H42ClN3O2/c1-5-7-8-12-26-16-18-27(19-17-26)32(38)34(6-2)24-31(37)36(21-25(3)4)23-29-14-11-20-35(29)22-28-13-9-10-15-30(28)33/h9-11,13-20,25H,5-8,12,21-24H2,1-4H3. The molecule has 0 N–H and O–H groups in total. The number of likely N-dealkylation sites (N-methyl/N-ethyl adjacent to an activating group) is 1. The molecule has 38 heavy (non-hydrogen) atoms. The van der Waals surface area contributed by atoms with Crippen molar-refractivity contribution in [1.82, 2.24) is 14.4 Å². The highest BCUT2D eigenvalue weighted by Crippen LogP contribution is 2.19. The summed E-state index contributed by atoms with van der Waals surface area (Å²) >= 11 is 6.39. The first-order chi connectivity index (χ1) is 18.3. The molecule has 204 valence electrons. The number of unbranched alkanes of at least 4 members (excludes halogenated alkanes) is 2. The summed E-state index contributed by atoms with van der Waals surface area (Å²) in [5, 5.41) is 0.730. The number of amides is 2. The number of nitrogens with zero attached hydrogens (tertiary/aromatic N) is 3. The van der Waals surface area contributed by atoms with Crippen LogP contribution in [0.15, 0.2) is 66.9 Å². The van der Waals surface area contributed by atoms with E-state index in [0.29, 0.717) is 37.7 Å². The number of aromatic nitrogens is 1. The Labute approximate surface area is 233 Å². The molecule has 1 heterocycles. The number of carbonyl (C=O) groups excluding carboxylic acids is 2. The van der Waals surface area contributed by atoms with Crippen LogP contribution in [0, 0.1) is 5.92 Å². The van der Waals surface area contributed by atoms with Crippen LogP contribution in [0.2, 0.25) is 5.02 Å². The van der Waals surface area contributed by atoms with Gasteiger partial charge in [-0.25, -0.2) is 0 Å². The molecule has 6 heteroatoms. The first-order valence-corrected chi connectivity index (χ1v) is 14.2. The fraction of sp³-hybridized carbons (Fsp3) is 0.438. The molecule has 2 aromatic carbocycles. The highest BCUT2D eigenvalue weighted by molar-refractivity contribution is 6.31. The third kappa shape index (κ3) is 8.49. The first kappa shape index (κ1) is 29.5. The molecule has 0 aliphatic rings. The third-order valence-corrected chi connectivity index (χ3v) is 7.15. The molecule has 0 radical (unpaired) electrons. The summed E-state index contributed by atoms with van der Waals surface area (Å²) in [5.41, 5.74) is 3.94. The molecule has 0 spiro atoms. The van der Waals surface area contributed by atoms with Gasteiger partial charge in [0.25, 0.3) is 5.91 Å². The molecule has 5 nitrogen and oxygen atoms in total. The van der Waals surface area contributed by atoms with E-state index in [-0.39, 0.29) is 18.4 Å². The third-order valence-electron chi connectivity index (χ3n) is 6.78. The zero-order chi connectivity index (χ0) is 27.5. The second kappa shape index (κ2) is 14.8. The van der Waals surface area contributed by atoms with Gasteiger partial charge in [0.1, 0.15) is 6.54 Å². The van der Waals surface area contributed by atoms with Crippen molar-refractivity contribution in [2.24, 2.45) is 5.92 Å². The second-order valence-electron chi connectivity index (χ2n) is 10.4. The molecule has 1 aromatic heterocycles. The van der Waals surface area contributed by atoms with Crippen molar-refractivity contribution in [3.63, 3.8) is 0 Å². The van der Waals surface area contributed by atoms with E-state index in [9.17, 15) is 9.59 Å². The molecule has 0 saturated heterocycles. The van der Waals surface area contributed by atoms with Crippen LogP contribution in [0.3, 0.4) is 0 Å². The number of aryl methyl sites for hydroxylation is 1. The number of carbonyl (C=O) groups is 2. The van der Waals surface area contributed by atoms with Gasteiger partial charge in [-0.15, -0.1) is 0 Å². The van der Waals surface area contributed by atoms with E-state index >= 15 is 0 Å². The molecule has 3 rings (SSSR count). The lowest BCUT2D eigenvalue weighted by atomic mass is 10.0. The van der Waals surface area contributed by atoms with E-state index in [1.165, 1.54) is 18.4 Å².